The highest BCUT2D eigenvalue weighted by Crippen LogP contribution is 2.44. The number of benzene rings is 1. The molecule has 0 aliphatic carbocycles. The van der Waals surface area contributed by atoms with Crippen molar-refractivity contribution in [2.75, 3.05) is 18.1 Å². The maximum atomic E-state index is 10.8. The summed E-state index contributed by atoms with van der Waals surface area (Å²) >= 11 is 3.03. The smallest absolute Gasteiger partial charge is 0.111 e. The Labute approximate surface area is 157 Å². The van der Waals surface area contributed by atoms with Crippen LogP contribution in [0.5, 0.6) is 0 Å². The van der Waals surface area contributed by atoms with E-state index < -0.39 is 35.1 Å². The monoisotopic (exact) mass is 394 g/mol. The molecule has 0 amide bonds. The first-order valence-corrected chi connectivity index (χ1v) is 10.0. The predicted molar refractivity (Wildman–Crippen MR) is 104 cm³/mol. The summed E-state index contributed by atoms with van der Waals surface area (Å²) in [5.74, 6) is 1.45. The molecule has 146 valence electrons. The van der Waals surface area contributed by atoms with E-state index in [1.807, 2.05) is 44.2 Å². The molecule has 0 fully saturated rings. The van der Waals surface area contributed by atoms with E-state index in [2.05, 4.69) is 0 Å². The SMILES string of the molecule is CCSC(Cc1ccccc1)(SCC)[C@H](O)[C@@H](O)[C@H](O)[C@H](O)CO.O. The molecule has 25 heavy (non-hydrogen) atoms. The molecule has 0 saturated carbocycles. The van der Waals surface area contributed by atoms with Gasteiger partial charge < -0.3 is 31.0 Å². The van der Waals surface area contributed by atoms with Crippen molar-refractivity contribution in [1.29, 1.82) is 0 Å². The fraction of sp³-hybridized carbons (Fsp3) is 0.647. The lowest BCUT2D eigenvalue weighted by atomic mass is 9.97. The Morgan fingerprint density at radius 3 is 1.88 bits per heavy atom. The van der Waals surface area contributed by atoms with Crippen molar-refractivity contribution < 1.29 is 31.0 Å². The van der Waals surface area contributed by atoms with Crippen LogP contribution in [0.2, 0.25) is 0 Å². The van der Waals surface area contributed by atoms with E-state index in [9.17, 15) is 20.4 Å². The Kier molecular flexibility index (Phi) is 12.0. The van der Waals surface area contributed by atoms with E-state index in [1.165, 1.54) is 23.5 Å². The lowest BCUT2D eigenvalue weighted by molar-refractivity contribution is -0.116. The molecule has 0 radical (unpaired) electrons. The van der Waals surface area contributed by atoms with Crippen molar-refractivity contribution in [2.24, 2.45) is 0 Å². The second-order valence-corrected chi connectivity index (χ2v) is 8.96. The summed E-state index contributed by atoms with van der Waals surface area (Å²) in [5, 5.41) is 49.7. The third-order valence-electron chi connectivity index (χ3n) is 3.78. The molecule has 0 aliphatic rings. The van der Waals surface area contributed by atoms with Crippen molar-refractivity contribution in [3.05, 3.63) is 35.9 Å². The molecular formula is C17H30O6S2. The van der Waals surface area contributed by atoms with E-state index in [0.717, 1.165) is 17.1 Å². The van der Waals surface area contributed by atoms with Gasteiger partial charge in [-0.25, -0.2) is 0 Å². The van der Waals surface area contributed by atoms with Crippen LogP contribution in [0, 0.1) is 0 Å². The number of aliphatic hydroxyl groups is 5. The number of rotatable bonds is 11. The zero-order valence-corrected chi connectivity index (χ0v) is 16.2. The van der Waals surface area contributed by atoms with Gasteiger partial charge in [0.1, 0.15) is 24.4 Å². The molecular weight excluding hydrogens is 364 g/mol. The van der Waals surface area contributed by atoms with Crippen LogP contribution in [0.4, 0.5) is 0 Å². The molecule has 0 aromatic heterocycles. The van der Waals surface area contributed by atoms with E-state index in [-0.39, 0.29) is 5.48 Å². The fourth-order valence-electron chi connectivity index (χ4n) is 2.57. The second-order valence-electron chi connectivity index (χ2n) is 5.52. The van der Waals surface area contributed by atoms with Crippen LogP contribution < -0.4 is 0 Å². The van der Waals surface area contributed by atoms with Crippen LogP contribution in [-0.4, -0.2) is 77.6 Å². The number of thioether (sulfide) groups is 2. The quantitative estimate of drug-likeness (QED) is 0.335. The standard InChI is InChI=1S/C17H28O5S2.H2O/c1-3-23-17(24-4-2,10-12-8-6-5-7-9-12)16(22)15(21)14(20)13(19)11-18;/h5-9,13-16,18-22H,3-4,10-11H2,1-2H3;1H2/t13-,14-,15+,16-;/m1./s1. The molecule has 0 heterocycles. The molecule has 7 N–H and O–H groups in total. The Hall–Kier alpha value is -0.320. The van der Waals surface area contributed by atoms with Crippen LogP contribution in [0.15, 0.2) is 30.3 Å². The second kappa shape index (κ2) is 12.1. The minimum atomic E-state index is -1.62. The topological polar surface area (TPSA) is 133 Å². The zero-order valence-electron chi connectivity index (χ0n) is 14.6. The average Bonchev–Trinajstić information content (AvgIpc) is 2.60. The summed E-state index contributed by atoms with van der Waals surface area (Å²) in [4.78, 5) is 0. The zero-order chi connectivity index (χ0) is 18.2. The molecule has 0 bridgehead atoms. The first kappa shape index (κ1) is 24.7. The number of hydrogen-bond donors (Lipinski definition) is 5. The van der Waals surface area contributed by atoms with Gasteiger partial charge in [0, 0.05) is 0 Å². The largest absolute Gasteiger partial charge is 0.412 e. The van der Waals surface area contributed by atoms with Crippen LogP contribution >= 0.6 is 23.5 Å². The molecule has 0 saturated heterocycles. The molecule has 1 aromatic carbocycles. The van der Waals surface area contributed by atoms with Gasteiger partial charge in [-0.15, -0.1) is 23.5 Å². The molecule has 0 aliphatic heterocycles. The number of hydrogen-bond acceptors (Lipinski definition) is 7. The van der Waals surface area contributed by atoms with Gasteiger partial charge >= 0.3 is 0 Å². The maximum Gasteiger partial charge on any atom is 0.111 e. The maximum absolute atomic E-state index is 10.8. The minimum Gasteiger partial charge on any atom is -0.412 e. The average molecular weight is 395 g/mol. The van der Waals surface area contributed by atoms with Crippen LogP contribution in [0.25, 0.3) is 0 Å². The molecule has 8 heteroatoms. The third-order valence-corrected chi connectivity index (χ3v) is 6.81. The lowest BCUT2D eigenvalue weighted by Crippen LogP contribution is -2.54. The predicted octanol–water partition coefficient (Wildman–Crippen LogP) is 0.0428. The minimum absolute atomic E-state index is 0. The molecule has 1 aromatic rings. The van der Waals surface area contributed by atoms with Gasteiger partial charge in [0.2, 0.25) is 0 Å². The molecule has 1 rings (SSSR count). The summed E-state index contributed by atoms with van der Waals surface area (Å²) in [6.07, 6.45) is -5.44. The number of aliphatic hydroxyl groups excluding tert-OH is 5. The van der Waals surface area contributed by atoms with Gasteiger partial charge in [-0.1, -0.05) is 44.2 Å². The normalized spacial score (nSPS) is 16.6. The van der Waals surface area contributed by atoms with E-state index in [1.54, 1.807) is 0 Å². The summed E-state index contributed by atoms with van der Waals surface area (Å²) in [6.45, 7) is 3.26. The Morgan fingerprint density at radius 2 is 1.44 bits per heavy atom. The van der Waals surface area contributed by atoms with Crippen molar-refractivity contribution in [2.45, 2.75) is 48.8 Å². The summed E-state index contributed by atoms with van der Waals surface area (Å²) in [7, 11) is 0. The van der Waals surface area contributed by atoms with Crippen LogP contribution in [0.3, 0.4) is 0 Å². The molecule has 0 unspecified atom stereocenters. The molecule has 6 nitrogen and oxygen atoms in total. The van der Waals surface area contributed by atoms with E-state index in [4.69, 9.17) is 5.11 Å². The van der Waals surface area contributed by atoms with Gasteiger partial charge in [0.15, 0.2) is 0 Å². The summed E-state index contributed by atoms with van der Waals surface area (Å²) in [5.41, 5.74) is 1.02. The van der Waals surface area contributed by atoms with Crippen molar-refractivity contribution in [3.8, 4) is 0 Å². The van der Waals surface area contributed by atoms with Gasteiger partial charge in [-0.3, -0.25) is 0 Å². The van der Waals surface area contributed by atoms with Crippen LogP contribution in [-0.2, 0) is 6.42 Å². The summed E-state index contributed by atoms with van der Waals surface area (Å²) in [6, 6.07) is 9.66. The van der Waals surface area contributed by atoms with Gasteiger partial charge in [0.25, 0.3) is 0 Å². The van der Waals surface area contributed by atoms with Gasteiger partial charge in [-0.05, 0) is 23.5 Å². The van der Waals surface area contributed by atoms with E-state index >= 15 is 0 Å². The third kappa shape index (κ3) is 6.73. The Balaban J connectivity index is 0.00000576. The van der Waals surface area contributed by atoms with Crippen molar-refractivity contribution in [3.63, 3.8) is 0 Å². The summed E-state index contributed by atoms with van der Waals surface area (Å²) < 4.78 is -0.763. The Bertz CT molecular complexity index is 456. The lowest BCUT2D eigenvalue weighted by Gasteiger charge is -2.40. The highest BCUT2D eigenvalue weighted by molar-refractivity contribution is 8.18. The van der Waals surface area contributed by atoms with Crippen LogP contribution in [0.1, 0.15) is 19.4 Å². The highest BCUT2D eigenvalue weighted by atomic mass is 32.2. The van der Waals surface area contributed by atoms with E-state index in [0.29, 0.717) is 6.42 Å². The van der Waals surface area contributed by atoms with Crippen molar-refractivity contribution >= 4 is 23.5 Å². The molecule has 4 atom stereocenters. The Morgan fingerprint density at radius 1 is 0.920 bits per heavy atom. The first-order chi connectivity index (χ1) is 11.4. The molecule has 0 spiro atoms. The fourth-order valence-corrected chi connectivity index (χ4v) is 5.75. The highest BCUT2D eigenvalue weighted by Gasteiger charge is 2.45. The first-order valence-electron chi connectivity index (χ1n) is 8.06. The van der Waals surface area contributed by atoms with Crippen molar-refractivity contribution in [1.82, 2.24) is 0 Å². The van der Waals surface area contributed by atoms with Gasteiger partial charge in [-0.2, -0.15) is 0 Å². The van der Waals surface area contributed by atoms with Gasteiger partial charge in [0.05, 0.1) is 10.7 Å².